The van der Waals surface area contributed by atoms with E-state index in [0.29, 0.717) is 0 Å². The highest BCUT2D eigenvalue weighted by Gasteiger charge is 2.00. The fourth-order valence-corrected chi connectivity index (χ4v) is 1.22. The molecule has 0 atom stereocenters. The molecule has 0 aliphatic heterocycles. The Morgan fingerprint density at radius 3 is 2.64 bits per heavy atom. The van der Waals surface area contributed by atoms with E-state index in [1.165, 1.54) is 0 Å². The number of halogens is 1. The van der Waals surface area contributed by atoms with Gasteiger partial charge in [-0.1, -0.05) is 18.7 Å². The van der Waals surface area contributed by atoms with Gasteiger partial charge in [0.1, 0.15) is 0 Å². The number of rotatable bonds is 2. The van der Waals surface area contributed by atoms with E-state index in [-0.39, 0.29) is 0 Å². The van der Waals surface area contributed by atoms with Gasteiger partial charge >= 0.3 is 0 Å². The van der Waals surface area contributed by atoms with Crippen LogP contribution in [0.4, 0.5) is 11.4 Å². The third kappa shape index (κ3) is 1.86. The molecule has 0 amide bonds. The summed E-state index contributed by atoms with van der Waals surface area (Å²) >= 11 is 2.13. The topological polar surface area (TPSA) is 29.3 Å². The van der Waals surface area contributed by atoms with Crippen LogP contribution < -0.4 is 8.85 Å². The third-order valence-corrected chi connectivity index (χ3v) is 2.24. The van der Waals surface area contributed by atoms with Crippen LogP contribution in [-0.2, 0) is 0 Å². The van der Waals surface area contributed by atoms with Crippen LogP contribution in [0.5, 0.6) is 0 Å². The third-order valence-electron chi connectivity index (χ3n) is 1.33. The molecule has 0 heterocycles. The van der Waals surface area contributed by atoms with E-state index in [1.54, 1.807) is 6.20 Å². The molecule has 0 spiro atoms. The quantitative estimate of drug-likeness (QED) is 0.503. The van der Waals surface area contributed by atoms with Crippen LogP contribution in [0.3, 0.4) is 0 Å². The molecule has 0 saturated carbocycles. The van der Waals surface area contributed by atoms with Gasteiger partial charge in [0.05, 0.1) is 34.2 Å². The van der Waals surface area contributed by atoms with E-state index < -0.39 is 0 Å². The number of para-hydroxylation sites is 2. The molecule has 0 saturated heterocycles. The van der Waals surface area contributed by atoms with Crippen LogP contribution in [0.25, 0.3) is 0 Å². The van der Waals surface area contributed by atoms with Gasteiger partial charge in [-0.2, -0.15) is 0 Å². The van der Waals surface area contributed by atoms with Crippen molar-refractivity contribution in [3.8, 4) is 0 Å². The van der Waals surface area contributed by atoms with E-state index in [1.807, 2.05) is 27.4 Å². The van der Waals surface area contributed by atoms with Crippen LogP contribution in [0.15, 0.2) is 37.0 Å². The minimum Gasteiger partial charge on any atom is -0.397 e. The first kappa shape index (κ1) is 8.39. The molecular weight excluding hydrogens is 251 g/mol. The summed E-state index contributed by atoms with van der Waals surface area (Å²) in [5.41, 5.74) is 7.44. The molecule has 2 nitrogen and oxygen atoms in total. The highest BCUT2D eigenvalue weighted by Crippen LogP contribution is 2.25. The van der Waals surface area contributed by atoms with Crippen molar-refractivity contribution in [2.75, 3.05) is 8.85 Å². The summed E-state index contributed by atoms with van der Waals surface area (Å²) in [5, 5.41) is 0. The molecule has 1 aromatic carbocycles. The maximum atomic E-state index is 5.70. The Hall–Kier alpha value is -0.710. The van der Waals surface area contributed by atoms with Gasteiger partial charge in [0, 0.05) is 6.20 Å². The second kappa shape index (κ2) is 3.61. The Bertz CT molecular complexity index is 260. The normalized spacial score (nSPS) is 9.18. The number of anilines is 2. The van der Waals surface area contributed by atoms with Gasteiger partial charge in [0.25, 0.3) is 0 Å². The molecule has 0 fully saturated rings. The average molecular weight is 260 g/mol. The zero-order chi connectivity index (χ0) is 8.27. The Kier molecular flexibility index (Phi) is 2.76. The van der Waals surface area contributed by atoms with Crippen molar-refractivity contribution in [3.63, 3.8) is 0 Å². The summed E-state index contributed by atoms with van der Waals surface area (Å²) in [6.07, 6.45) is 1.71. The van der Waals surface area contributed by atoms with Gasteiger partial charge in [-0.3, -0.25) is 3.11 Å². The van der Waals surface area contributed by atoms with Gasteiger partial charge in [0.15, 0.2) is 0 Å². The lowest BCUT2D eigenvalue weighted by atomic mass is 10.3. The average Bonchev–Trinajstić information content (AvgIpc) is 2.04. The molecule has 1 rings (SSSR count). The van der Waals surface area contributed by atoms with Crippen molar-refractivity contribution in [3.05, 3.63) is 37.0 Å². The molecule has 3 heteroatoms. The van der Waals surface area contributed by atoms with Crippen molar-refractivity contribution >= 4 is 34.2 Å². The minimum atomic E-state index is 0.766. The summed E-state index contributed by atoms with van der Waals surface area (Å²) in [6.45, 7) is 3.64. The number of nitrogen functional groups attached to an aromatic ring is 1. The second-order valence-corrected chi connectivity index (χ2v) is 3.09. The lowest BCUT2D eigenvalue weighted by Crippen LogP contribution is -2.01. The number of nitrogens with two attached hydrogens (primary N) is 1. The maximum absolute atomic E-state index is 5.70. The second-order valence-electron chi connectivity index (χ2n) is 2.05. The number of hydrogen-bond acceptors (Lipinski definition) is 2. The van der Waals surface area contributed by atoms with Crippen molar-refractivity contribution in [2.45, 2.75) is 0 Å². The smallest absolute Gasteiger partial charge is 0.0732 e. The van der Waals surface area contributed by atoms with Gasteiger partial charge in [-0.25, -0.2) is 0 Å². The van der Waals surface area contributed by atoms with E-state index in [2.05, 4.69) is 29.4 Å². The molecule has 2 N–H and O–H groups in total. The number of nitrogens with zero attached hydrogens (tertiary/aromatic N) is 1. The summed E-state index contributed by atoms with van der Waals surface area (Å²) in [7, 11) is 0. The molecular formula is C8H9IN2. The molecule has 0 radical (unpaired) electrons. The molecule has 0 aromatic heterocycles. The number of hydrogen-bond donors (Lipinski definition) is 1. The lowest BCUT2D eigenvalue weighted by molar-refractivity contribution is 1.50. The SMILES string of the molecule is C=CN(I)c1ccccc1N. The molecule has 0 aliphatic rings. The Morgan fingerprint density at radius 1 is 1.45 bits per heavy atom. The van der Waals surface area contributed by atoms with Crippen molar-refractivity contribution in [1.29, 1.82) is 0 Å². The van der Waals surface area contributed by atoms with E-state index >= 15 is 0 Å². The fourth-order valence-electron chi connectivity index (χ4n) is 0.780. The Balaban J connectivity index is 3.02. The van der Waals surface area contributed by atoms with Crippen LogP contribution in [-0.4, -0.2) is 0 Å². The predicted octanol–water partition coefficient (Wildman–Crippen LogP) is 2.57. The van der Waals surface area contributed by atoms with E-state index in [0.717, 1.165) is 11.4 Å². The summed E-state index contributed by atoms with van der Waals surface area (Å²) in [4.78, 5) is 0. The van der Waals surface area contributed by atoms with E-state index in [4.69, 9.17) is 5.73 Å². The first-order valence-electron chi connectivity index (χ1n) is 3.18. The van der Waals surface area contributed by atoms with Crippen molar-refractivity contribution in [2.24, 2.45) is 0 Å². The Morgan fingerprint density at radius 2 is 2.09 bits per heavy atom. The predicted molar refractivity (Wildman–Crippen MR) is 57.6 cm³/mol. The first-order chi connectivity index (χ1) is 5.25. The van der Waals surface area contributed by atoms with Gasteiger partial charge in [-0.15, -0.1) is 0 Å². The largest absolute Gasteiger partial charge is 0.397 e. The zero-order valence-electron chi connectivity index (χ0n) is 6.00. The monoisotopic (exact) mass is 260 g/mol. The minimum absolute atomic E-state index is 0.766. The highest BCUT2D eigenvalue weighted by molar-refractivity contribution is 14.1. The van der Waals surface area contributed by atoms with Crippen LogP contribution in [0.1, 0.15) is 0 Å². The van der Waals surface area contributed by atoms with Gasteiger partial charge in [0.2, 0.25) is 0 Å². The van der Waals surface area contributed by atoms with Crippen LogP contribution >= 0.6 is 22.9 Å². The standard InChI is InChI=1S/C8H9IN2/c1-2-11(9)8-6-4-3-5-7(8)10/h2-6H,1,10H2. The first-order valence-corrected chi connectivity index (χ1v) is 4.14. The fraction of sp³-hybridized carbons (Fsp3) is 0. The summed E-state index contributed by atoms with van der Waals surface area (Å²) in [5.74, 6) is 0. The van der Waals surface area contributed by atoms with Crippen LogP contribution in [0, 0.1) is 0 Å². The van der Waals surface area contributed by atoms with E-state index in [9.17, 15) is 0 Å². The summed E-state index contributed by atoms with van der Waals surface area (Å²) < 4.78 is 1.85. The van der Waals surface area contributed by atoms with Gasteiger partial charge < -0.3 is 5.73 Å². The molecule has 1 aromatic rings. The summed E-state index contributed by atoms with van der Waals surface area (Å²) in [6, 6.07) is 7.67. The van der Waals surface area contributed by atoms with Gasteiger partial charge in [-0.05, 0) is 12.1 Å². The molecule has 58 valence electrons. The lowest BCUT2D eigenvalue weighted by Gasteiger charge is -2.12. The molecule has 11 heavy (non-hydrogen) atoms. The molecule has 0 bridgehead atoms. The zero-order valence-corrected chi connectivity index (χ0v) is 8.15. The van der Waals surface area contributed by atoms with Crippen LogP contribution in [0.2, 0.25) is 0 Å². The maximum Gasteiger partial charge on any atom is 0.0732 e. The number of benzene rings is 1. The van der Waals surface area contributed by atoms with Crippen molar-refractivity contribution < 1.29 is 0 Å². The Labute approximate surface area is 80.2 Å². The highest BCUT2D eigenvalue weighted by atomic mass is 127. The molecule has 0 unspecified atom stereocenters. The molecule has 0 aliphatic carbocycles. The van der Waals surface area contributed by atoms with Crippen molar-refractivity contribution in [1.82, 2.24) is 0 Å².